The van der Waals surface area contributed by atoms with Crippen LogP contribution in [0.5, 0.6) is 0 Å². The third-order valence-electron chi connectivity index (χ3n) is 4.33. The van der Waals surface area contributed by atoms with Crippen molar-refractivity contribution in [1.29, 1.82) is 0 Å². The molecule has 0 aliphatic heterocycles. The Bertz CT molecular complexity index is 1040. The maximum Gasteiger partial charge on any atom is 0.0192 e. The molecule has 0 aliphatic carbocycles. The van der Waals surface area contributed by atoms with Crippen LogP contribution in [-0.4, -0.2) is 0 Å². The summed E-state index contributed by atoms with van der Waals surface area (Å²) in [4.78, 5) is 2.47. The molecule has 0 aliphatic rings. The third-order valence-corrected chi connectivity index (χ3v) is 8.58. The summed E-state index contributed by atoms with van der Waals surface area (Å²) < 4.78 is 4.28. The Labute approximate surface area is 218 Å². The Hall–Kier alpha value is -0.500. The van der Waals surface area contributed by atoms with E-state index in [2.05, 4.69) is 137 Å². The summed E-state index contributed by atoms with van der Waals surface area (Å²) >= 11 is 14.2. The summed E-state index contributed by atoms with van der Waals surface area (Å²) in [6.45, 7) is 0. The number of rotatable bonds is 5. The molecule has 0 nitrogen and oxygen atoms in total. The molecule has 30 heavy (non-hydrogen) atoms. The second-order valence-corrected chi connectivity index (χ2v) is 12.5. The van der Waals surface area contributed by atoms with Crippen LogP contribution in [0, 0.1) is 0 Å². The maximum atomic E-state index is 3.56. The lowest BCUT2D eigenvalue weighted by Crippen LogP contribution is -1.80. The van der Waals surface area contributed by atoms with Gasteiger partial charge in [0, 0.05) is 27.7 Å². The normalized spacial score (nSPS) is 10.9. The van der Waals surface area contributed by atoms with Crippen molar-refractivity contribution in [3.63, 3.8) is 0 Å². The van der Waals surface area contributed by atoms with Gasteiger partial charge in [0.05, 0.1) is 0 Å². The van der Waals surface area contributed by atoms with E-state index in [0.717, 1.165) is 17.9 Å². The molecule has 0 N–H and O–H groups in total. The fourth-order valence-corrected chi connectivity index (χ4v) is 7.46. The van der Waals surface area contributed by atoms with Crippen molar-refractivity contribution in [2.45, 2.75) is 9.79 Å². The Kier molecular flexibility index (Phi) is 7.87. The molecular formula is C24H14Br4S2. The van der Waals surface area contributed by atoms with Crippen molar-refractivity contribution in [3.05, 3.63) is 103 Å². The van der Waals surface area contributed by atoms with Gasteiger partial charge in [-0.25, -0.2) is 0 Å². The number of benzene rings is 4. The molecule has 0 heterocycles. The van der Waals surface area contributed by atoms with Gasteiger partial charge < -0.3 is 0 Å². The van der Waals surface area contributed by atoms with Crippen LogP contribution in [-0.2, 0) is 0 Å². The van der Waals surface area contributed by atoms with Crippen LogP contribution in [0.4, 0.5) is 0 Å². The molecule has 0 fully saturated rings. The van der Waals surface area contributed by atoms with Crippen molar-refractivity contribution < 1.29 is 0 Å². The van der Waals surface area contributed by atoms with Crippen molar-refractivity contribution in [2.75, 3.05) is 0 Å². The summed E-state index contributed by atoms with van der Waals surface area (Å²) in [6, 6.07) is 30.0. The van der Waals surface area contributed by atoms with Gasteiger partial charge in [0.2, 0.25) is 0 Å². The van der Waals surface area contributed by atoms with Crippen molar-refractivity contribution in [3.8, 4) is 22.3 Å². The van der Waals surface area contributed by atoms with Crippen LogP contribution in [0.15, 0.2) is 113 Å². The quantitative estimate of drug-likeness (QED) is 0.192. The summed E-state index contributed by atoms with van der Waals surface area (Å²) in [5.41, 5.74) is 4.79. The summed E-state index contributed by atoms with van der Waals surface area (Å²) in [6.07, 6.45) is 0. The fourth-order valence-electron chi connectivity index (χ4n) is 2.94. The summed E-state index contributed by atoms with van der Waals surface area (Å²) in [7, 11) is 3.55. The van der Waals surface area contributed by atoms with Gasteiger partial charge >= 0.3 is 0 Å². The molecular weight excluding hydrogens is 672 g/mol. The third kappa shape index (κ3) is 6.05. The Morgan fingerprint density at radius 3 is 0.967 bits per heavy atom. The Balaban J connectivity index is 1.42. The molecule has 0 bridgehead atoms. The zero-order chi connectivity index (χ0) is 21.1. The number of halogens is 4. The van der Waals surface area contributed by atoms with Crippen LogP contribution in [0.2, 0.25) is 0 Å². The van der Waals surface area contributed by atoms with Gasteiger partial charge in [-0.3, -0.25) is 0 Å². The molecule has 0 saturated heterocycles. The van der Waals surface area contributed by atoms with Gasteiger partial charge in [-0.2, -0.15) is 0 Å². The summed E-state index contributed by atoms with van der Waals surface area (Å²) in [5.74, 6) is 0. The minimum Gasteiger partial charge on any atom is -0.0532 e. The molecule has 0 unspecified atom stereocenters. The second kappa shape index (κ2) is 10.4. The smallest absolute Gasteiger partial charge is 0.0192 e. The van der Waals surface area contributed by atoms with Gasteiger partial charge in [0.1, 0.15) is 0 Å². The van der Waals surface area contributed by atoms with E-state index >= 15 is 0 Å². The highest BCUT2D eigenvalue weighted by atomic mass is 79.9. The fraction of sp³-hybridized carbons (Fsp3) is 0. The monoisotopic (exact) mass is 682 g/mol. The molecule has 4 aromatic carbocycles. The van der Waals surface area contributed by atoms with Crippen molar-refractivity contribution in [2.24, 2.45) is 0 Å². The maximum absolute atomic E-state index is 3.56. The topological polar surface area (TPSA) is 0 Å². The lowest BCUT2D eigenvalue weighted by Gasteiger charge is -2.07. The minimum atomic E-state index is 1.07. The van der Waals surface area contributed by atoms with Gasteiger partial charge in [0.25, 0.3) is 0 Å². The molecule has 0 saturated carbocycles. The first kappa shape index (κ1) is 22.7. The molecule has 4 rings (SSSR count). The van der Waals surface area contributed by atoms with E-state index in [1.54, 1.807) is 21.6 Å². The molecule has 0 spiro atoms. The second-order valence-electron chi connectivity index (χ2n) is 6.53. The highest BCUT2D eigenvalue weighted by Gasteiger charge is 2.05. The Morgan fingerprint density at radius 2 is 0.667 bits per heavy atom. The SMILES string of the molecule is Brc1cc(Br)cc(-c2ccc(SSc3ccc(-c4cc(Br)cc(Br)c4)cc3)cc2)c1. The number of hydrogen-bond donors (Lipinski definition) is 0. The first-order valence-electron chi connectivity index (χ1n) is 8.94. The van der Waals surface area contributed by atoms with E-state index in [1.165, 1.54) is 32.0 Å². The Morgan fingerprint density at radius 1 is 0.367 bits per heavy atom. The minimum absolute atomic E-state index is 1.07. The lowest BCUT2D eigenvalue weighted by molar-refractivity contribution is 1.45. The molecule has 0 atom stereocenters. The van der Waals surface area contributed by atoms with E-state index in [9.17, 15) is 0 Å². The summed E-state index contributed by atoms with van der Waals surface area (Å²) in [5, 5.41) is 0. The molecule has 0 aromatic heterocycles. The first-order chi connectivity index (χ1) is 14.5. The van der Waals surface area contributed by atoms with Gasteiger partial charge in [-0.15, -0.1) is 0 Å². The van der Waals surface area contributed by atoms with E-state index < -0.39 is 0 Å². The highest BCUT2D eigenvalue weighted by molar-refractivity contribution is 9.11. The van der Waals surface area contributed by atoms with Gasteiger partial charge in [-0.05, 0) is 82.9 Å². The van der Waals surface area contributed by atoms with Crippen LogP contribution in [0.1, 0.15) is 0 Å². The largest absolute Gasteiger partial charge is 0.0532 e. The van der Waals surface area contributed by atoms with Gasteiger partial charge in [-0.1, -0.05) is 110 Å². The molecule has 0 amide bonds. The van der Waals surface area contributed by atoms with Crippen LogP contribution in [0.25, 0.3) is 22.3 Å². The standard InChI is InChI=1S/C24H14Br4S2/c25-19-9-17(10-20(26)13-19)15-1-5-23(6-2-15)29-30-24-7-3-16(4-8-24)18-11-21(27)14-22(28)12-18/h1-14H. The van der Waals surface area contributed by atoms with Crippen molar-refractivity contribution in [1.82, 2.24) is 0 Å². The zero-order valence-electron chi connectivity index (χ0n) is 15.4. The predicted octanol–water partition coefficient (Wildman–Crippen LogP) is 10.9. The molecule has 6 heteroatoms. The van der Waals surface area contributed by atoms with E-state index in [0.29, 0.717) is 0 Å². The van der Waals surface area contributed by atoms with Gasteiger partial charge in [0.15, 0.2) is 0 Å². The lowest BCUT2D eigenvalue weighted by atomic mass is 10.1. The van der Waals surface area contributed by atoms with E-state index in [1.807, 2.05) is 12.1 Å². The van der Waals surface area contributed by atoms with Crippen molar-refractivity contribution >= 4 is 85.3 Å². The number of hydrogen-bond acceptors (Lipinski definition) is 2. The van der Waals surface area contributed by atoms with E-state index in [-0.39, 0.29) is 0 Å². The van der Waals surface area contributed by atoms with E-state index in [4.69, 9.17) is 0 Å². The highest BCUT2D eigenvalue weighted by Crippen LogP contribution is 2.39. The zero-order valence-corrected chi connectivity index (χ0v) is 23.4. The van der Waals surface area contributed by atoms with Crippen LogP contribution in [0.3, 0.4) is 0 Å². The van der Waals surface area contributed by atoms with Crippen LogP contribution < -0.4 is 0 Å². The molecule has 150 valence electrons. The predicted molar refractivity (Wildman–Crippen MR) is 146 cm³/mol. The molecule has 4 aromatic rings. The average Bonchev–Trinajstić information content (AvgIpc) is 2.71. The van der Waals surface area contributed by atoms with Crippen LogP contribution >= 0.6 is 85.3 Å². The molecule has 0 radical (unpaired) electrons. The average molecular weight is 686 g/mol. The first-order valence-corrected chi connectivity index (χ1v) is 14.3.